The number of amides is 1. The Kier molecular flexibility index (Phi) is 6.94. The van der Waals surface area contributed by atoms with E-state index in [1.165, 1.54) is 0 Å². The van der Waals surface area contributed by atoms with E-state index in [9.17, 15) is 4.79 Å². The van der Waals surface area contributed by atoms with Gasteiger partial charge in [-0.2, -0.15) is 0 Å². The summed E-state index contributed by atoms with van der Waals surface area (Å²) in [5.74, 6) is 0.549. The molecule has 1 unspecified atom stereocenters. The van der Waals surface area contributed by atoms with Gasteiger partial charge in [-0.15, -0.1) is 0 Å². The lowest BCUT2D eigenvalue weighted by Crippen LogP contribution is -2.39. The fourth-order valence-electron chi connectivity index (χ4n) is 1.74. The zero-order valence-corrected chi connectivity index (χ0v) is 13.9. The number of benzene rings is 1. The number of nitrogens with one attached hydrogen (secondary N) is 1. The molecule has 0 saturated carbocycles. The highest BCUT2D eigenvalue weighted by atomic mass is 79.9. The minimum atomic E-state index is 0.0944. The van der Waals surface area contributed by atoms with Crippen LogP contribution in [0.2, 0.25) is 0 Å². The van der Waals surface area contributed by atoms with Gasteiger partial charge in [-0.3, -0.25) is 4.79 Å². The van der Waals surface area contributed by atoms with Gasteiger partial charge in [0, 0.05) is 15.8 Å². The van der Waals surface area contributed by atoms with Gasteiger partial charge in [-0.25, -0.2) is 0 Å². The summed E-state index contributed by atoms with van der Waals surface area (Å²) in [5, 5.41) is 4.01. The van der Waals surface area contributed by atoms with E-state index in [1.807, 2.05) is 24.3 Å². The maximum atomic E-state index is 11.9. The predicted octanol–water partition coefficient (Wildman–Crippen LogP) is 3.92. The summed E-state index contributed by atoms with van der Waals surface area (Å²) in [5.41, 5.74) is 1.04. The van der Waals surface area contributed by atoms with Crippen molar-refractivity contribution >= 4 is 37.8 Å². The van der Waals surface area contributed by atoms with Crippen LogP contribution < -0.4 is 5.32 Å². The molecule has 1 aromatic rings. The monoisotopic (exact) mass is 375 g/mol. The molecule has 1 aromatic carbocycles. The summed E-state index contributed by atoms with van der Waals surface area (Å²) in [6, 6.07) is 8.10. The number of hydrogen-bond acceptors (Lipinski definition) is 1. The van der Waals surface area contributed by atoms with Crippen LogP contribution in [0, 0.1) is 5.92 Å². The number of carbonyl (C=O) groups is 1. The third-order valence-electron chi connectivity index (χ3n) is 2.85. The van der Waals surface area contributed by atoms with Gasteiger partial charge in [0.2, 0.25) is 5.91 Å². The second-order valence-electron chi connectivity index (χ2n) is 4.70. The van der Waals surface area contributed by atoms with Crippen molar-refractivity contribution in [1.82, 2.24) is 5.32 Å². The van der Waals surface area contributed by atoms with Crippen molar-refractivity contribution in [2.45, 2.75) is 32.7 Å². The van der Waals surface area contributed by atoms with Crippen LogP contribution in [-0.2, 0) is 11.2 Å². The Bertz CT molecular complexity index is 376. The van der Waals surface area contributed by atoms with Gasteiger partial charge in [0.15, 0.2) is 0 Å². The van der Waals surface area contributed by atoms with Crippen LogP contribution in [0.25, 0.3) is 0 Å². The van der Waals surface area contributed by atoms with E-state index in [-0.39, 0.29) is 11.9 Å². The molecular weight excluding hydrogens is 358 g/mol. The molecule has 0 aliphatic carbocycles. The Morgan fingerprint density at radius 2 is 1.89 bits per heavy atom. The summed E-state index contributed by atoms with van der Waals surface area (Å²) < 4.78 is 1.03. The van der Waals surface area contributed by atoms with Gasteiger partial charge >= 0.3 is 0 Å². The third-order valence-corrected chi connectivity index (χ3v) is 3.84. The van der Waals surface area contributed by atoms with Crippen molar-refractivity contribution in [1.29, 1.82) is 0 Å². The van der Waals surface area contributed by atoms with Gasteiger partial charge in [-0.05, 0) is 30.0 Å². The molecule has 0 spiro atoms. The minimum absolute atomic E-state index is 0.0944. The highest BCUT2D eigenvalue weighted by molar-refractivity contribution is 9.10. The Morgan fingerprint density at radius 3 is 2.39 bits per heavy atom. The van der Waals surface area contributed by atoms with Crippen LogP contribution in [-0.4, -0.2) is 17.3 Å². The van der Waals surface area contributed by atoms with E-state index >= 15 is 0 Å². The van der Waals surface area contributed by atoms with E-state index < -0.39 is 0 Å². The van der Waals surface area contributed by atoms with Crippen molar-refractivity contribution in [3.8, 4) is 0 Å². The summed E-state index contributed by atoms with van der Waals surface area (Å²) in [7, 11) is 0. The van der Waals surface area contributed by atoms with Crippen molar-refractivity contribution in [3.05, 3.63) is 34.3 Å². The summed E-state index contributed by atoms with van der Waals surface area (Å²) >= 11 is 6.81. The molecule has 0 aliphatic heterocycles. The number of halogens is 2. The summed E-state index contributed by atoms with van der Waals surface area (Å²) in [4.78, 5) is 11.9. The van der Waals surface area contributed by atoms with Crippen LogP contribution in [0.3, 0.4) is 0 Å². The van der Waals surface area contributed by atoms with E-state index in [4.69, 9.17) is 0 Å². The predicted molar refractivity (Wildman–Crippen MR) is 83.0 cm³/mol. The normalized spacial score (nSPS) is 12.5. The van der Waals surface area contributed by atoms with E-state index in [2.05, 4.69) is 51.0 Å². The molecular formula is C14H19Br2NO. The van der Waals surface area contributed by atoms with Crippen LogP contribution in [0.4, 0.5) is 0 Å². The minimum Gasteiger partial charge on any atom is -0.353 e. The SMILES string of the molecule is CC(C)C(CCBr)NC(=O)Cc1ccc(Br)cc1. The Hall–Kier alpha value is -0.350. The van der Waals surface area contributed by atoms with Gasteiger partial charge < -0.3 is 5.32 Å². The Balaban J connectivity index is 2.52. The molecule has 0 radical (unpaired) electrons. The highest BCUT2D eigenvalue weighted by Gasteiger charge is 2.15. The van der Waals surface area contributed by atoms with E-state index in [0.29, 0.717) is 12.3 Å². The van der Waals surface area contributed by atoms with Gasteiger partial charge in [0.1, 0.15) is 0 Å². The van der Waals surface area contributed by atoms with Crippen molar-refractivity contribution in [3.63, 3.8) is 0 Å². The second-order valence-corrected chi connectivity index (χ2v) is 6.41. The topological polar surface area (TPSA) is 29.1 Å². The standard InChI is InChI=1S/C14H19Br2NO/c1-10(2)13(7-8-15)17-14(18)9-11-3-5-12(16)6-4-11/h3-6,10,13H,7-9H2,1-2H3,(H,17,18). The molecule has 1 N–H and O–H groups in total. The Labute approximate surface area is 126 Å². The fraction of sp³-hybridized carbons (Fsp3) is 0.500. The molecule has 0 fully saturated rings. The lowest BCUT2D eigenvalue weighted by Gasteiger charge is -2.21. The molecule has 1 rings (SSSR count). The Morgan fingerprint density at radius 1 is 1.28 bits per heavy atom. The lowest BCUT2D eigenvalue weighted by atomic mass is 10.0. The fourth-order valence-corrected chi connectivity index (χ4v) is 2.49. The average molecular weight is 377 g/mol. The van der Waals surface area contributed by atoms with Gasteiger partial charge in [0.05, 0.1) is 6.42 Å². The first-order chi connectivity index (χ1) is 8.52. The number of carbonyl (C=O) groups excluding carboxylic acids is 1. The van der Waals surface area contributed by atoms with Crippen LogP contribution >= 0.6 is 31.9 Å². The van der Waals surface area contributed by atoms with Crippen molar-refractivity contribution < 1.29 is 4.79 Å². The molecule has 0 heterocycles. The first-order valence-electron chi connectivity index (χ1n) is 6.12. The van der Waals surface area contributed by atoms with Crippen LogP contribution in [0.15, 0.2) is 28.7 Å². The highest BCUT2D eigenvalue weighted by Crippen LogP contribution is 2.12. The zero-order chi connectivity index (χ0) is 13.5. The van der Waals surface area contributed by atoms with Gasteiger partial charge in [-0.1, -0.05) is 57.8 Å². The first-order valence-corrected chi connectivity index (χ1v) is 8.04. The molecule has 2 nitrogen and oxygen atoms in total. The molecule has 1 atom stereocenters. The lowest BCUT2D eigenvalue weighted by molar-refractivity contribution is -0.121. The zero-order valence-electron chi connectivity index (χ0n) is 10.7. The van der Waals surface area contributed by atoms with E-state index in [0.717, 1.165) is 21.8 Å². The number of alkyl halides is 1. The van der Waals surface area contributed by atoms with Crippen LogP contribution in [0.1, 0.15) is 25.8 Å². The van der Waals surface area contributed by atoms with Crippen molar-refractivity contribution in [2.75, 3.05) is 5.33 Å². The third kappa shape index (κ3) is 5.53. The average Bonchev–Trinajstić information content (AvgIpc) is 2.31. The largest absolute Gasteiger partial charge is 0.353 e. The summed E-state index contributed by atoms with van der Waals surface area (Å²) in [6.45, 7) is 4.26. The molecule has 18 heavy (non-hydrogen) atoms. The number of rotatable bonds is 6. The molecule has 0 bridgehead atoms. The molecule has 0 aromatic heterocycles. The molecule has 0 aliphatic rings. The maximum absolute atomic E-state index is 11.9. The first kappa shape index (κ1) is 15.7. The van der Waals surface area contributed by atoms with Crippen LogP contribution in [0.5, 0.6) is 0 Å². The summed E-state index contributed by atoms with van der Waals surface area (Å²) in [6.07, 6.45) is 1.41. The molecule has 100 valence electrons. The second kappa shape index (κ2) is 7.95. The van der Waals surface area contributed by atoms with Crippen molar-refractivity contribution in [2.24, 2.45) is 5.92 Å². The molecule has 0 saturated heterocycles. The van der Waals surface area contributed by atoms with Gasteiger partial charge in [0.25, 0.3) is 0 Å². The maximum Gasteiger partial charge on any atom is 0.224 e. The molecule has 1 amide bonds. The number of hydrogen-bond donors (Lipinski definition) is 1. The quantitative estimate of drug-likeness (QED) is 0.749. The van der Waals surface area contributed by atoms with E-state index in [1.54, 1.807) is 0 Å². The molecule has 4 heteroatoms. The smallest absolute Gasteiger partial charge is 0.224 e.